The SMILES string of the molecule is O=C(NCc1ccccn1)c1cncc(Cl)n1. The van der Waals surface area contributed by atoms with E-state index in [9.17, 15) is 4.79 Å². The molecule has 2 aromatic rings. The van der Waals surface area contributed by atoms with Crippen LogP contribution in [0.5, 0.6) is 0 Å². The Labute approximate surface area is 103 Å². The van der Waals surface area contributed by atoms with Crippen molar-refractivity contribution in [2.75, 3.05) is 0 Å². The Balaban J connectivity index is 1.98. The lowest BCUT2D eigenvalue weighted by atomic mass is 10.3. The largest absolute Gasteiger partial charge is 0.345 e. The minimum absolute atomic E-state index is 0.188. The highest BCUT2D eigenvalue weighted by Crippen LogP contribution is 2.02. The molecule has 6 heteroatoms. The van der Waals surface area contributed by atoms with Crippen molar-refractivity contribution < 1.29 is 4.79 Å². The summed E-state index contributed by atoms with van der Waals surface area (Å²) in [6, 6.07) is 5.49. The second-order valence-electron chi connectivity index (χ2n) is 3.23. The number of rotatable bonds is 3. The molecule has 86 valence electrons. The van der Waals surface area contributed by atoms with E-state index < -0.39 is 0 Å². The standard InChI is InChI=1S/C11H9ClN4O/c12-10-7-13-6-9(16-10)11(17)15-5-8-3-1-2-4-14-8/h1-4,6-7H,5H2,(H,15,17). The van der Waals surface area contributed by atoms with Gasteiger partial charge in [0.25, 0.3) is 5.91 Å². The second kappa shape index (κ2) is 5.36. The minimum Gasteiger partial charge on any atom is -0.345 e. The molecule has 5 nitrogen and oxygen atoms in total. The predicted molar refractivity (Wildman–Crippen MR) is 62.4 cm³/mol. The fourth-order valence-corrected chi connectivity index (χ4v) is 1.36. The monoisotopic (exact) mass is 248 g/mol. The number of carbonyl (C=O) groups is 1. The summed E-state index contributed by atoms with van der Waals surface area (Å²) in [6.07, 6.45) is 4.40. The Morgan fingerprint density at radius 1 is 1.35 bits per heavy atom. The summed E-state index contributed by atoms with van der Waals surface area (Å²) in [4.78, 5) is 23.4. The van der Waals surface area contributed by atoms with Crippen molar-refractivity contribution in [2.45, 2.75) is 6.54 Å². The lowest BCUT2D eigenvalue weighted by Crippen LogP contribution is -2.24. The Kier molecular flexibility index (Phi) is 3.62. The number of hydrogen-bond donors (Lipinski definition) is 1. The van der Waals surface area contributed by atoms with Gasteiger partial charge in [0.2, 0.25) is 0 Å². The number of pyridine rings is 1. The maximum absolute atomic E-state index is 11.7. The Hall–Kier alpha value is -2.01. The normalized spacial score (nSPS) is 9.94. The quantitative estimate of drug-likeness (QED) is 0.893. The molecule has 17 heavy (non-hydrogen) atoms. The molecule has 0 radical (unpaired) electrons. The summed E-state index contributed by atoms with van der Waals surface area (Å²) in [5, 5.41) is 2.87. The van der Waals surface area contributed by atoms with E-state index in [1.165, 1.54) is 12.4 Å². The van der Waals surface area contributed by atoms with Crippen LogP contribution in [-0.4, -0.2) is 20.9 Å². The molecule has 2 aromatic heterocycles. The first kappa shape index (κ1) is 11.5. The van der Waals surface area contributed by atoms with E-state index in [2.05, 4.69) is 20.3 Å². The van der Waals surface area contributed by atoms with Crippen LogP contribution in [0.3, 0.4) is 0 Å². The summed E-state index contributed by atoms with van der Waals surface area (Å²) in [5.41, 5.74) is 0.962. The van der Waals surface area contributed by atoms with Gasteiger partial charge in [-0.1, -0.05) is 17.7 Å². The van der Waals surface area contributed by atoms with Gasteiger partial charge >= 0.3 is 0 Å². The first-order chi connectivity index (χ1) is 8.25. The average molecular weight is 249 g/mol. The number of nitrogens with one attached hydrogen (secondary N) is 1. The maximum atomic E-state index is 11.7. The molecule has 0 saturated heterocycles. The van der Waals surface area contributed by atoms with E-state index in [4.69, 9.17) is 11.6 Å². The summed E-state index contributed by atoms with van der Waals surface area (Å²) in [7, 11) is 0. The average Bonchev–Trinajstić information content (AvgIpc) is 2.37. The second-order valence-corrected chi connectivity index (χ2v) is 3.62. The zero-order valence-corrected chi connectivity index (χ0v) is 9.55. The van der Waals surface area contributed by atoms with Gasteiger partial charge in [-0.2, -0.15) is 0 Å². The van der Waals surface area contributed by atoms with E-state index in [-0.39, 0.29) is 16.8 Å². The molecule has 0 saturated carbocycles. The van der Waals surface area contributed by atoms with E-state index in [0.29, 0.717) is 6.54 Å². The van der Waals surface area contributed by atoms with Crippen LogP contribution in [0.4, 0.5) is 0 Å². The Morgan fingerprint density at radius 3 is 2.94 bits per heavy atom. The molecule has 0 atom stereocenters. The third-order valence-electron chi connectivity index (χ3n) is 1.99. The molecule has 0 aliphatic rings. The van der Waals surface area contributed by atoms with Gasteiger partial charge in [-0.3, -0.25) is 14.8 Å². The fourth-order valence-electron chi connectivity index (χ4n) is 1.22. The van der Waals surface area contributed by atoms with Crippen molar-refractivity contribution in [1.29, 1.82) is 0 Å². The van der Waals surface area contributed by atoms with Gasteiger partial charge in [-0.15, -0.1) is 0 Å². The fraction of sp³-hybridized carbons (Fsp3) is 0.0909. The van der Waals surface area contributed by atoms with E-state index >= 15 is 0 Å². The molecule has 2 rings (SSSR count). The lowest BCUT2D eigenvalue weighted by molar-refractivity contribution is 0.0945. The van der Waals surface area contributed by atoms with Crippen LogP contribution < -0.4 is 5.32 Å². The molecule has 0 aromatic carbocycles. The van der Waals surface area contributed by atoms with Crippen LogP contribution >= 0.6 is 11.6 Å². The van der Waals surface area contributed by atoms with Gasteiger partial charge in [0.1, 0.15) is 10.8 Å². The van der Waals surface area contributed by atoms with Gasteiger partial charge in [-0.05, 0) is 12.1 Å². The number of halogens is 1. The van der Waals surface area contributed by atoms with Gasteiger partial charge in [0.05, 0.1) is 24.6 Å². The molecule has 0 aliphatic carbocycles. The van der Waals surface area contributed by atoms with Crippen LogP contribution in [-0.2, 0) is 6.54 Å². The molecule has 1 N–H and O–H groups in total. The number of hydrogen-bond acceptors (Lipinski definition) is 4. The summed E-state index contributed by atoms with van der Waals surface area (Å²) < 4.78 is 0. The first-order valence-electron chi connectivity index (χ1n) is 4.91. The van der Waals surface area contributed by atoms with Crippen molar-refractivity contribution >= 4 is 17.5 Å². The first-order valence-corrected chi connectivity index (χ1v) is 5.29. The highest BCUT2D eigenvalue weighted by molar-refractivity contribution is 6.29. The van der Waals surface area contributed by atoms with Crippen LogP contribution in [0.1, 0.15) is 16.2 Å². The highest BCUT2D eigenvalue weighted by atomic mass is 35.5. The van der Waals surface area contributed by atoms with E-state index in [0.717, 1.165) is 5.69 Å². The molecule has 1 amide bonds. The van der Waals surface area contributed by atoms with Crippen LogP contribution in [0, 0.1) is 0 Å². The summed E-state index contributed by atoms with van der Waals surface area (Å²) >= 11 is 5.64. The van der Waals surface area contributed by atoms with Crippen LogP contribution in [0.15, 0.2) is 36.8 Å². The number of amides is 1. The number of nitrogens with zero attached hydrogens (tertiary/aromatic N) is 3. The molecular weight excluding hydrogens is 240 g/mol. The lowest BCUT2D eigenvalue weighted by Gasteiger charge is -2.03. The number of carbonyl (C=O) groups excluding carboxylic acids is 1. The molecule has 2 heterocycles. The Bertz CT molecular complexity index is 518. The summed E-state index contributed by atoms with van der Waals surface area (Å²) in [6.45, 7) is 0.341. The minimum atomic E-state index is -0.328. The third kappa shape index (κ3) is 3.22. The number of aromatic nitrogens is 3. The highest BCUT2D eigenvalue weighted by Gasteiger charge is 2.07. The molecule has 0 bridgehead atoms. The molecule has 0 aliphatic heterocycles. The zero-order valence-electron chi connectivity index (χ0n) is 8.80. The van der Waals surface area contributed by atoms with Gasteiger partial charge in [0, 0.05) is 6.20 Å². The van der Waals surface area contributed by atoms with Crippen molar-refractivity contribution in [3.8, 4) is 0 Å². The van der Waals surface area contributed by atoms with Crippen LogP contribution in [0.25, 0.3) is 0 Å². The van der Waals surface area contributed by atoms with Crippen molar-refractivity contribution in [3.05, 3.63) is 53.3 Å². The van der Waals surface area contributed by atoms with Gasteiger partial charge < -0.3 is 5.32 Å². The van der Waals surface area contributed by atoms with Gasteiger partial charge in [-0.25, -0.2) is 4.98 Å². The molecule has 0 unspecified atom stereocenters. The van der Waals surface area contributed by atoms with Crippen LogP contribution in [0.2, 0.25) is 5.15 Å². The third-order valence-corrected chi connectivity index (χ3v) is 2.18. The van der Waals surface area contributed by atoms with Gasteiger partial charge in [0.15, 0.2) is 0 Å². The maximum Gasteiger partial charge on any atom is 0.271 e. The molecular formula is C11H9ClN4O. The van der Waals surface area contributed by atoms with Crippen molar-refractivity contribution in [2.24, 2.45) is 0 Å². The molecule has 0 fully saturated rings. The smallest absolute Gasteiger partial charge is 0.271 e. The van der Waals surface area contributed by atoms with Crippen molar-refractivity contribution in [1.82, 2.24) is 20.3 Å². The Morgan fingerprint density at radius 2 is 2.24 bits per heavy atom. The molecule has 0 spiro atoms. The topological polar surface area (TPSA) is 67.8 Å². The zero-order chi connectivity index (χ0) is 12.1. The predicted octanol–water partition coefficient (Wildman–Crippen LogP) is 1.45. The van der Waals surface area contributed by atoms with E-state index in [1.54, 1.807) is 6.20 Å². The van der Waals surface area contributed by atoms with Crippen molar-refractivity contribution in [3.63, 3.8) is 0 Å². The van der Waals surface area contributed by atoms with E-state index in [1.807, 2.05) is 18.2 Å². The summed E-state index contributed by atoms with van der Waals surface area (Å²) in [5.74, 6) is -0.328.